The first-order chi connectivity index (χ1) is 14.4. The third-order valence-corrected chi connectivity index (χ3v) is 5.92. The van der Waals surface area contributed by atoms with Crippen molar-refractivity contribution in [3.05, 3.63) is 63.7 Å². The zero-order chi connectivity index (χ0) is 21.5. The van der Waals surface area contributed by atoms with E-state index >= 15 is 0 Å². The van der Waals surface area contributed by atoms with Gasteiger partial charge in [0.2, 0.25) is 0 Å². The predicted octanol–water partition coefficient (Wildman–Crippen LogP) is 3.05. The summed E-state index contributed by atoms with van der Waals surface area (Å²) >= 11 is 0. The van der Waals surface area contributed by atoms with Crippen LogP contribution in [0.4, 0.5) is 5.69 Å². The number of anilines is 1. The average molecular weight is 411 g/mol. The normalized spacial score (nSPS) is 27.0. The Balaban J connectivity index is 1.83. The van der Waals surface area contributed by atoms with E-state index in [0.29, 0.717) is 36.0 Å². The van der Waals surface area contributed by atoms with E-state index in [2.05, 4.69) is 10.6 Å². The number of carbonyl (C=O) groups excluding carboxylic acids is 1. The first-order valence-corrected chi connectivity index (χ1v) is 10.2. The van der Waals surface area contributed by atoms with Crippen LogP contribution >= 0.6 is 0 Å². The van der Waals surface area contributed by atoms with E-state index in [9.17, 15) is 14.9 Å². The van der Waals surface area contributed by atoms with Gasteiger partial charge in [-0.3, -0.25) is 20.2 Å². The van der Waals surface area contributed by atoms with E-state index in [-0.39, 0.29) is 11.0 Å². The maximum atomic E-state index is 13.1. The van der Waals surface area contributed by atoms with Crippen LogP contribution in [0.15, 0.2) is 42.5 Å². The molecule has 1 fully saturated rings. The van der Waals surface area contributed by atoms with Crippen LogP contribution < -0.4 is 20.1 Å². The Hall–Kier alpha value is -3.13. The summed E-state index contributed by atoms with van der Waals surface area (Å²) in [5.74, 6) is 0.212. The fraction of sp³-hybridized carbons (Fsp3) is 0.409. The fourth-order valence-corrected chi connectivity index (χ4v) is 4.83. The quantitative estimate of drug-likeness (QED) is 0.559. The van der Waals surface area contributed by atoms with Crippen molar-refractivity contribution in [1.82, 2.24) is 5.32 Å². The van der Waals surface area contributed by atoms with Crippen LogP contribution in [-0.2, 0) is 10.3 Å². The molecule has 158 valence electrons. The van der Waals surface area contributed by atoms with Crippen molar-refractivity contribution < 1.29 is 19.2 Å². The van der Waals surface area contributed by atoms with E-state index in [4.69, 9.17) is 9.47 Å². The number of carbonyl (C=O) groups is 1. The molecular formula is C22H25N3O5. The molecule has 1 amide bonds. The number of para-hydroxylation sites is 1. The number of benzene rings is 2. The average Bonchev–Trinajstić information content (AvgIpc) is 3.18. The molecule has 2 heterocycles. The van der Waals surface area contributed by atoms with Crippen LogP contribution in [0.5, 0.6) is 11.5 Å². The minimum Gasteiger partial charge on any atom is -0.490 e. The molecule has 1 spiro atoms. The summed E-state index contributed by atoms with van der Waals surface area (Å²) in [6.45, 7) is 6.56. The van der Waals surface area contributed by atoms with Crippen molar-refractivity contribution in [3.8, 4) is 11.5 Å². The predicted molar refractivity (Wildman–Crippen MR) is 112 cm³/mol. The summed E-state index contributed by atoms with van der Waals surface area (Å²) in [6.07, 6.45) is 0. The van der Waals surface area contributed by atoms with E-state index < -0.39 is 23.4 Å². The second-order valence-corrected chi connectivity index (χ2v) is 7.57. The Labute approximate surface area is 174 Å². The highest BCUT2D eigenvalue weighted by Crippen LogP contribution is 2.50. The molecule has 4 rings (SSSR count). The van der Waals surface area contributed by atoms with Gasteiger partial charge in [-0.1, -0.05) is 24.3 Å². The van der Waals surface area contributed by atoms with Gasteiger partial charge < -0.3 is 14.8 Å². The summed E-state index contributed by atoms with van der Waals surface area (Å²) in [6, 6.07) is 11.0. The van der Waals surface area contributed by atoms with Gasteiger partial charge in [0.25, 0.3) is 11.9 Å². The Morgan fingerprint density at radius 3 is 2.50 bits per heavy atom. The first kappa shape index (κ1) is 20.2. The molecule has 1 saturated heterocycles. The van der Waals surface area contributed by atoms with Gasteiger partial charge in [-0.25, -0.2) is 0 Å². The highest BCUT2D eigenvalue weighted by atomic mass is 16.6. The SMILES string of the molecule is CCOc1ccc([C@@H]2[C@H](C)N[C@]3(C(=O)Nc4ccccc43)[C@@H]2[N+](=O)[O-])cc1OCC. The molecule has 0 bridgehead atoms. The fourth-order valence-electron chi connectivity index (χ4n) is 4.83. The van der Waals surface area contributed by atoms with Gasteiger partial charge in [0.15, 0.2) is 17.0 Å². The van der Waals surface area contributed by atoms with E-state index in [1.807, 2.05) is 26.8 Å². The maximum absolute atomic E-state index is 13.1. The smallest absolute Gasteiger partial charge is 0.256 e. The number of nitrogens with zero attached hydrogens (tertiary/aromatic N) is 1. The van der Waals surface area contributed by atoms with Gasteiger partial charge in [0.05, 0.1) is 19.1 Å². The van der Waals surface area contributed by atoms with Gasteiger partial charge in [0.1, 0.15) is 0 Å². The summed E-state index contributed by atoms with van der Waals surface area (Å²) in [7, 11) is 0. The lowest BCUT2D eigenvalue weighted by atomic mass is 9.78. The first-order valence-electron chi connectivity index (χ1n) is 10.2. The molecule has 30 heavy (non-hydrogen) atoms. The summed E-state index contributed by atoms with van der Waals surface area (Å²) in [5.41, 5.74) is 0.533. The lowest BCUT2D eigenvalue weighted by Gasteiger charge is -2.25. The molecule has 0 aliphatic carbocycles. The topological polar surface area (TPSA) is 103 Å². The van der Waals surface area contributed by atoms with Crippen molar-refractivity contribution in [2.75, 3.05) is 18.5 Å². The van der Waals surface area contributed by atoms with Crippen LogP contribution in [0.25, 0.3) is 0 Å². The van der Waals surface area contributed by atoms with Crippen LogP contribution in [0, 0.1) is 10.1 Å². The minimum atomic E-state index is -1.42. The lowest BCUT2D eigenvalue weighted by Crippen LogP contribution is -2.54. The zero-order valence-corrected chi connectivity index (χ0v) is 17.2. The number of hydrogen-bond acceptors (Lipinski definition) is 6. The molecule has 8 heteroatoms. The highest BCUT2D eigenvalue weighted by Gasteiger charge is 2.67. The van der Waals surface area contributed by atoms with Crippen molar-refractivity contribution in [2.45, 2.75) is 44.3 Å². The van der Waals surface area contributed by atoms with Gasteiger partial charge in [0, 0.05) is 22.2 Å². The number of nitrogens with one attached hydrogen (secondary N) is 2. The minimum absolute atomic E-state index is 0.315. The molecule has 4 atom stereocenters. The molecule has 0 radical (unpaired) electrons. The number of ether oxygens (including phenoxy) is 2. The van der Waals surface area contributed by atoms with Crippen LogP contribution in [0.3, 0.4) is 0 Å². The van der Waals surface area contributed by atoms with Crippen LogP contribution in [0.1, 0.15) is 37.8 Å². The van der Waals surface area contributed by atoms with Crippen LogP contribution in [-0.4, -0.2) is 36.1 Å². The highest BCUT2D eigenvalue weighted by molar-refractivity contribution is 6.07. The zero-order valence-electron chi connectivity index (χ0n) is 17.2. The Morgan fingerprint density at radius 2 is 1.80 bits per heavy atom. The van der Waals surface area contributed by atoms with Crippen LogP contribution in [0.2, 0.25) is 0 Å². The Morgan fingerprint density at radius 1 is 1.10 bits per heavy atom. The largest absolute Gasteiger partial charge is 0.490 e. The second-order valence-electron chi connectivity index (χ2n) is 7.57. The molecule has 2 aromatic rings. The summed E-state index contributed by atoms with van der Waals surface area (Å²) in [5, 5.41) is 18.5. The van der Waals surface area contributed by atoms with Gasteiger partial charge in [-0.2, -0.15) is 0 Å². The number of nitro groups is 1. The standard InChI is InChI=1S/C22H25N3O5/c1-4-29-17-11-10-14(12-18(17)30-5-2)19-13(3)24-22(20(19)25(27)28)15-8-6-7-9-16(15)23-21(22)26/h6-13,19-20,24H,4-5H2,1-3H3,(H,23,26)/t13-,19-,20+,22-/m0/s1. The second kappa shape index (κ2) is 7.60. The molecule has 2 aromatic carbocycles. The third kappa shape index (κ3) is 2.90. The Kier molecular flexibility index (Phi) is 5.11. The molecule has 2 aliphatic rings. The van der Waals surface area contributed by atoms with E-state index in [1.54, 1.807) is 36.4 Å². The molecule has 0 aromatic heterocycles. The molecule has 2 aliphatic heterocycles. The lowest BCUT2D eigenvalue weighted by molar-refractivity contribution is -0.532. The van der Waals surface area contributed by atoms with Crippen molar-refractivity contribution >= 4 is 11.6 Å². The van der Waals surface area contributed by atoms with Crippen molar-refractivity contribution in [2.24, 2.45) is 0 Å². The molecule has 0 saturated carbocycles. The molecule has 8 nitrogen and oxygen atoms in total. The third-order valence-electron chi connectivity index (χ3n) is 5.92. The number of amides is 1. The van der Waals surface area contributed by atoms with Gasteiger partial charge in [-0.15, -0.1) is 0 Å². The summed E-state index contributed by atoms with van der Waals surface area (Å²) < 4.78 is 11.3. The molecule has 2 N–H and O–H groups in total. The molecule has 0 unspecified atom stereocenters. The molecular weight excluding hydrogens is 386 g/mol. The maximum Gasteiger partial charge on any atom is 0.256 e. The van der Waals surface area contributed by atoms with E-state index in [1.165, 1.54) is 0 Å². The van der Waals surface area contributed by atoms with Gasteiger partial charge >= 0.3 is 0 Å². The number of fused-ring (bicyclic) bond motifs is 2. The van der Waals surface area contributed by atoms with Gasteiger partial charge in [-0.05, 0) is 44.5 Å². The van der Waals surface area contributed by atoms with Crippen molar-refractivity contribution in [3.63, 3.8) is 0 Å². The Bertz CT molecular complexity index is 994. The van der Waals surface area contributed by atoms with E-state index in [0.717, 1.165) is 5.56 Å². The van der Waals surface area contributed by atoms with Crippen molar-refractivity contribution in [1.29, 1.82) is 0 Å². The monoisotopic (exact) mass is 411 g/mol. The number of hydrogen-bond donors (Lipinski definition) is 2. The number of rotatable bonds is 6. The summed E-state index contributed by atoms with van der Waals surface area (Å²) in [4.78, 5) is 25.1.